The molecule has 3 aromatic rings. The molecule has 0 aliphatic rings. The van der Waals surface area contributed by atoms with E-state index in [1.54, 1.807) is 50.4 Å². The number of rotatable bonds is 10. The number of sulfonamides is 1. The first kappa shape index (κ1) is 24.6. The van der Waals surface area contributed by atoms with Gasteiger partial charge in [-0.3, -0.25) is 9.10 Å². The topological polar surface area (TPSA) is 75.7 Å². The maximum atomic E-state index is 13.4. The molecular formula is C25H27ClN2O4S. The van der Waals surface area contributed by atoms with Crippen LogP contribution in [-0.4, -0.2) is 34.5 Å². The van der Waals surface area contributed by atoms with Crippen molar-refractivity contribution in [2.24, 2.45) is 0 Å². The van der Waals surface area contributed by atoms with Crippen LogP contribution in [-0.2, 0) is 21.2 Å². The monoisotopic (exact) mass is 486 g/mol. The van der Waals surface area contributed by atoms with Crippen LogP contribution in [0.15, 0.2) is 77.7 Å². The molecule has 33 heavy (non-hydrogen) atoms. The second-order valence-electron chi connectivity index (χ2n) is 7.52. The number of amides is 1. The standard InChI is InChI=1S/C25H27ClN2O4S/c1-19-17-21(26)14-15-23(19)28(33(30,31)22-11-4-3-5-12-22)18-25(29)27-16-8-10-20-9-6-7-13-24(20)32-2/h3-7,9,11-15,17H,8,10,16,18H2,1-2H3,(H,27,29). The Hall–Kier alpha value is -3.03. The lowest BCUT2D eigenvalue weighted by molar-refractivity contribution is -0.119. The van der Waals surface area contributed by atoms with Gasteiger partial charge in [-0.1, -0.05) is 48.0 Å². The molecule has 3 rings (SSSR count). The molecule has 0 unspecified atom stereocenters. The number of benzene rings is 3. The number of carbonyl (C=O) groups is 1. The Balaban J connectivity index is 1.73. The van der Waals surface area contributed by atoms with Crippen molar-refractivity contribution in [1.29, 1.82) is 0 Å². The van der Waals surface area contributed by atoms with Crippen molar-refractivity contribution in [3.8, 4) is 5.75 Å². The number of hydrogen-bond donors (Lipinski definition) is 1. The van der Waals surface area contributed by atoms with Gasteiger partial charge in [0.1, 0.15) is 12.3 Å². The number of carbonyl (C=O) groups excluding carboxylic acids is 1. The number of hydrogen-bond acceptors (Lipinski definition) is 4. The number of aryl methyl sites for hydroxylation is 2. The Morgan fingerprint density at radius 2 is 1.73 bits per heavy atom. The molecule has 6 nitrogen and oxygen atoms in total. The summed E-state index contributed by atoms with van der Waals surface area (Å²) in [5.74, 6) is 0.422. The van der Waals surface area contributed by atoms with E-state index in [0.29, 0.717) is 29.2 Å². The molecule has 0 heterocycles. The van der Waals surface area contributed by atoms with E-state index in [2.05, 4.69) is 5.32 Å². The molecule has 0 atom stereocenters. The molecule has 0 bridgehead atoms. The Bertz CT molecular complexity index is 1200. The zero-order chi connectivity index (χ0) is 23.8. The van der Waals surface area contributed by atoms with Gasteiger partial charge in [-0.25, -0.2) is 8.42 Å². The van der Waals surface area contributed by atoms with Crippen LogP contribution in [0.1, 0.15) is 17.5 Å². The summed E-state index contributed by atoms with van der Waals surface area (Å²) in [4.78, 5) is 12.9. The van der Waals surface area contributed by atoms with Crippen molar-refractivity contribution in [3.05, 3.63) is 88.9 Å². The molecule has 1 amide bonds. The molecule has 0 spiro atoms. The van der Waals surface area contributed by atoms with E-state index < -0.39 is 10.0 Å². The van der Waals surface area contributed by atoms with E-state index in [0.717, 1.165) is 22.0 Å². The highest BCUT2D eigenvalue weighted by Gasteiger charge is 2.28. The smallest absolute Gasteiger partial charge is 0.264 e. The second-order valence-corrected chi connectivity index (χ2v) is 9.82. The summed E-state index contributed by atoms with van der Waals surface area (Å²) < 4.78 is 33.3. The number of methoxy groups -OCH3 is 1. The lowest BCUT2D eigenvalue weighted by Gasteiger charge is -2.25. The Morgan fingerprint density at radius 3 is 2.42 bits per heavy atom. The third-order valence-corrected chi connectivity index (χ3v) is 7.19. The number of anilines is 1. The molecule has 0 aromatic heterocycles. The first-order chi connectivity index (χ1) is 15.8. The van der Waals surface area contributed by atoms with E-state index in [1.807, 2.05) is 24.3 Å². The molecule has 0 aliphatic heterocycles. The number of nitrogens with one attached hydrogen (secondary N) is 1. The van der Waals surface area contributed by atoms with Crippen LogP contribution >= 0.6 is 11.6 Å². The van der Waals surface area contributed by atoms with Crippen LogP contribution < -0.4 is 14.4 Å². The zero-order valence-electron chi connectivity index (χ0n) is 18.6. The van der Waals surface area contributed by atoms with Crippen LogP contribution in [0.3, 0.4) is 0 Å². The molecule has 0 radical (unpaired) electrons. The van der Waals surface area contributed by atoms with Gasteiger partial charge in [-0.05, 0) is 67.3 Å². The third-order valence-electron chi connectivity index (χ3n) is 5.18. The van der Waals surface area contributed by atoms with Crippen molar-refractivity contribution in [3.63, 3.8) is 0 Å². The summed E-state index contributed by atoms with van der Waals surface area (Å²) in [7, 11) is -2.33. The molecule has 3 aromatic carbocycles. The number of para-hydroxylation sites is 1. The molecule has 8 heteroatoms. The Kier molecular flexibility index (Phi) is 8.36. The van der Waals surface area contributed by atoms with Gasteiger partial charge in [0.25, 0.3) is 10.0 Å². The van der Waals surface area contributed by atoms with Crippen molar-refractivity contribution >= 4 is 33.2 Å². The summed E-state index contributed by atoms with van der Waals surface area (Å²) in [6, 6.07) is 20.7. The maximum absolute atomic E-state index is 13.4. The maximum Gasteiger partial charge on any atom is 0.264 e. The minimum absolute atomic E-state index is 0.114. The summed E-state index contributed by atoms with van der Waals surface area (Å²) in [5.41, 5.74) is 2.12. The van der Waals surface area contributed by atoms with Crippen molar-refractivity contribution < 1.29 is 17.9 Å². The van der Waals surface area contributed by atoms with Crippen molar-refractivity contribution in [1.82, 2.24) is 5.32 Å². The van der Waals surface area contributed by atoms with E-state index in [-0.39, 0.29) is 17.3 Å². The minimum Gasteiger partial charge on any atom is -0.496 e. The van der Waals surface area contributed by atoms with Crippen molar-refractivity contribution in [2.45, 2.75) is 24.7 Å². The minimum atomic E-state index is -3.95. The zero-order valence-corrected chi connectivity index (χ0v) is 20.2. The first-order valence-corrected chi connectivity index (χ1v) is 12.4. The van der Waals surface area contributed by atoms with Gasteiger partial charge in [0, 0.05) is 11.6 Å². The molecule has 174 valence electrons. The number of nitrogens with zero attached hydrogens (tertiary/aromatic N) is 1. The van der Waals surface area contributed by atoms with Gasteiger partial charge in [0.2, 0.25) is 5.91 Å². The second kappa shape index (κ2) is 11.2. The van der Waals surface area contributed by atoms with E-state index >= 15 is 0 Å². The molecule has 0 aliphatic carbocycles. The van der Waals surface area contributed by atoms with Crippen molar-refractivity contribution in [2.75, 3.05) is 24.5 Å². The highest BCUT2D eigenvalue weighted by Crippen LogP contribution is 2.28. The fourth-order valence-corrected chi connectivity index (χ4v) is 5.25. The van der Waals surface area contributed by atoms with Gasteiger partial charge in [0.15, 0.2) is 0 Å². The fourth-order valence-electron chi connectivity index (χ4n) is 3.52. The molecule has 0 fully saturated rings. The predicted octanol–water partition coefficient (Wildman–Crippen LogP) is 4.60. The predicted molar refractivity (Wildman–Crippen MR) is 131 cm³/mol. The van der Waals surface area contributed by atoms with E-state index in [9.17, 15) is 13.2 Å². The summed E-state index contributed by atoms with van der Waals surface area (Å²) >= 11 is 6.06. The molecule has 0 saturated heterocycles. The van der Waals surface area contributed by atoms with E-state index in [4.69, 9.17) is 16.3 Å². The van der Waals surface area contributed by atoms with Crippen LogP contribution in [0.5, 0.6) is 5.75 Å². The molecule has 1 N–H and O–H groups in total. The quantitative estimate of drug-likeness (QED) is 0.425. The SMILES string of the molecule is COc1ccccc1CCCNC(=O)CN(c1ccc(Cl)cc1C)S(=O)(=O)c1ccccc1. The highest BCUT2D eigenvalue weighted by atomic mass is 35.5. The average molecular weight is 487 g/mol. The van der Waals surface area contributed by atoms with Crippen LogP contribution in [0.2, 0.25) is 5.02 Å². The number of halogens is 1. The van der Waals surface area contributed by atoms with Crippen LogP contribution in [0, 0.1) is 6.92 Å². The summed E-state index contributed by atoms with van der Waals surface area (Å²) in [5, 5.41) is 3.33. The molecule has 0 saturated carbocycles. The van der Waals surface area contributed by atoms with Gasteiger partial charge < -0.3 is 10.1 Å². The molecular weight excluding hydrogens is 460 g/mol. The Labute approximate surface area is 200 Å². The van der Waals surface area contributed by atoms with Gasteiger partial charge in [0.05, 0.1) is 17.7 Å². The summed E-state index contributed by atoms with van der Waals surface area (Å²) in [6.07, 6.45) is 1.42. The average Bonchev–Trinajstić information content (AvgIpc) is 2.81. The van der Waals surface area contributed by atoms with Crippen LogP contribution in [0.4, 0.5) is 5.69 Å². The summed E-state index contributed by atoms with van der Waals surface area (Å²) in [6.45, 7) is 1.84. The van der Waals surface area contributed by atoms with Gasteiger partial charge in [-0.2, -0.15) is 0 Å². The Morgan fingerprint density at radius 1 is 1.03 bits per heavy atom. The lowest BCUT2D eigenvalue weighted by atomic mass is 10.1. The largest absolute Gasteiger partial charge is 0.496 e. The van der Waals surface area contributed by atoms with Crippen LogP contribution in [0.25, 0.3) is 0 Å². The lowest BCUT2D eigenvalue weighted by Crippen LogP contribution is -2.41. The first-order valence-electron chi connectivity index (χ1n) is 10.6. The van der Waals surface area contributed by atoms with E-state index in [1.165, 1.54) is 12.1 Å². The fraction of sp³-hybridized carbons (Fsp3) is 0.240. The van der Waals surface area contributed by atoms with Gasteiger partial charge in [-0.15, -0.1) is 0 Å². The third kappa shape index (κ3) is 6.27. The van der Waals surface area contributed by atoms with Gasteiger partial charge >= 0.3 is 0 Å². The normalized spacial score (nSPS) is 11.1. The highest BCUT2D eigenvalue weighted by molar-refractivity contribution is 7.92. The number of ether oxygens (including phenoxy) is 1.